The average molecular weight is 314 g/mol. The Morgan fingerprint density at radius 3 is 1.25 bits per heavy atom. The molecule has 0 aromatic heterocycles. The van der Waals surface area contributed by atoms with Crippen LogP contribution < -0.4 is 10.6 Å². The van der Waals surface area contributed by atoms with Gasteiger partial charge in [0.1, 0.15) is 13.1 Å². The molecule has 4 nitrogen and oxygen atoms in total. The summed E-state index contributed by atoms with van der Waals surface area (Å²) in [5.74, 6) is 0. The van der Waals surface area contributed by atoms with Crippen LogP contribution in [0.5, 0.6) is 0 Å². The van der Waals surface area contributed by atoms with Crippen LogP contribution >= 0.6 is 0 Å². The van der Waals surface area contributed by atoms with Gasteiger partial charge in [0.2, 0.25) is 0 Å². The van der Waals surface area contributed by atoms with E-state index in [0.29, 0.717) is 25.9 Å². The zero-order chi connectivity index (χ0) is 15.8. The third kappa shape index (κ3) is 9.34. The number of nitrogens with two attached hydrogens (primary N) is 2. The van der Waals surface area contributed by atoms with Crippen molar-refractivity contribution in [3.05, 3.63) is 0 Å². The summed E-state index contributed by atoms with van der Waals surface area (Å²) in [6.07, 6.45) is -12.9. The highest BCUT2D eigenvalue weighted by Gasteiger charge is 2.40. The predicted octanol–water partition coefficient (Wildman–Crippen LogP) is -1.26. The molecule has 0 unspecified atom stereocenters. The van der Waals surface area contributed by atoms with Crippen LogP contribution in [0.15, 0.2) is 0 Å². The molecule has 0 bridgehead atoms. The number of quaternary nitrogens is 2. The highest BCUT2D eigenvalue weighted by atomic mass is 19.4. The Morgan fingerprint density at radius 2 is 1.00 bits per heavy atom. The van der Waals surface area contributed by atoms with E-state index in [1.54, 1.807) is 0 Å². The molecule has 0 aliphatic carbocycles. The Hall–Kier alpha value is -0.580. The van der Waals surface area contributed by atoms with E-state index >= 15 is 0 Å². The maximum absolute atomic E-state index is 11.9. The lowest BCUT2D eigenvalue weighted by Gasteiger charge is -2.13. The first-order chi connectivity index (χ1) is 9.05. The summed E-state index contributed by atoms with van der Waals surface area (Å²) < 4.78 is 71.4. The van der Waals surface area contributed by atoms with Crippen LogP contribution in [0.3, 0.4) is 0 Å². The van der Waals surface area contributed by atoms with E-state index in [0.717, 1.165) is 0 Å². The van der Waals surface area contributed by atoms with Crippen LogP contribution in [0.25, 0.3) is 0 Å². The SMILES string of the molecule is O[C@H](C[NH2+]CCCC[NH2+]C[C@H](O)C(F)(F)F)C(F)(F)F. The van der Waals surface area contributed by atoms with Crippen molar-refractivity contribution in [2.45, 2.75) is 37.4 Å². The molecule has 10 heteroatoms. The van der Waals surface area contributed by atoms with E-state index in [1.807, 2.05) is 0 Å². The molecule has 20 heavy (non-hydrogen) atoms. The summed E-state index contributed by atoms with van der Waals surface area (Å²) in [6, 6.07) is 0. The van der Waals surface area contributed by atoms with Crippen molar-refractivity contribution in [1.29, 1.82) is 0 Å². The number of hydrogen-bond donors (Lipinski definition) is 4. The van der Waals surface area contributed by atoms with E-state index in [-0.39, 0.29) is 0 Å². The molecule has 0 saturated heterocycles. The van der Waals surface area contributed by atoms with Crippen molar-refractivity contribution in [3.8, 4) is 0 Å². The first-order valence-corrected chi connectivity index (χ1v) is 6.18. The van der Waals surface area contributed by atoms with Gasteiger partial charge in [-0.15, -0.1) is 0 Å². The fourth-order valence-corrected chi connectivity index (χ4v) is 1.40. The summed E-state index contributed by atoms with van der Waals surface area (Å²) in [5, 5.41) is 20.0. The third-order valence-corrected chi connectivity index (χ3v) is 2.60. The Morgan fingerprint density at radius 1 is 0.700 bits per heavy atom. The van der Waals surface area contributed by atoms with Crippen LogP contribution in [-0.4, -0.2) is 61.0 Å². The normalized spacial score (nSPS) is 16.2. The second-order valence-electron chi connectivity index (χ2n) is 4.45. The second-order valence-corrected chi connectivity index (χ2v) is 4.45. The van der Waals surface area contributed by atoms with Gasteiger partial charge in [-0.25, -0.2) is 0 Å². The largest absolute Gasteiger partial charge is 0.419 e. The number of aliphatic hydroxyl groups excluding tert-OH is 2. The molecule has 0 spiro atoms. The van der Waals surface area contributed by atoms with Crippen LogP contribution in [-0.2, 0) is 0 Å². The van der Waals surface area contributed by atoms with Crippen molar-refractivity contribution in [3.63, 3.8) is 0 Å². The number of alkyl halides is 6. The molecule has 0 fully saturated rings. The van der Waals surface area contributed by atoms with Crippen molar-refractivity contribution in [1.82, 2.24) is 0 Å². The van der Waals surface area contributed by atoms with E-state index in [4.69, 9.17) is 10.2 Å². The van der Waals surface area contributed by atoms with Crippen LogP contribution in [0.1, 0.15) is 12.8 Å². The Bertz CT molecular complexity index is 233. The molecular formula is C10H20F6N2O2+2. The highest BCUT2D eigenvalue weighted by Crippen LogP contribution is 2.18. The van der Waals surface area contributed by atoms with Crippen molar-refractivity contribution < 1.29 is 47.2 Å². The lowest BCUT2D eigenvalue weighted by atomic mass is 10.2. The molecule has 0 aromatic rings. The van der Waals surface area contributed by atoms with Gasteiger partial charge in [0.25, 0.3) is 0 Å². The molecule has 6 N–H and O–H groups in total. The van der Waals surface area contributed by atoms with Crippen molar-refractivity contribution in [2.75, 3.05) is 26.2 Å². The lowest BCUT2D eigenvalue weighted by Crippen LogP contribution is -2.88. The monoisotopic (exact) mass is 314 g/mol. The van der Waals surface area contributed by atoms with Gasteiger partial charge in [-0.05, 0) is 0 Å². The third-order valence-electron chi connectivity index (χ3n) is 2.60. The van der Waals surface area contributed by atoms with E-state index in [1.165, 1.54) is 10.6 Å². The molecule has 122 valence electrons. The van der Waals surface area contributed by atoms with Crippen molar-refractivity contribution >= 4 is 0 Å². The summed E-state index contributed by atoms with van der Waals surface area (Å²) in [7, 11) is 0. The maximum atomic E-state index is 11.9. The summed E-state index contributed by atoms with van der Waals surface area (Å²) in [5.41, 5.74) is 0. The maximum Gasteiger partial charge on any atom is 0.419 e. The molecule has 0 radical (unpaired) electrons. The number of halogens is 6. The standard InChI is InChI=1S/C10H18F6N2O2/c11-9(12,13)7(19)5-17-3-1-2-4-18-6-8(20)10(14,15)16/h7-8,17-20H,1-6H2/p+2/t7-,8+. The minimum atomic E-state index is -4.63. The van der Waals surface area contributed by atoms with Crippen LogP contribution in [0, 0.1) is 0 Å². The quantitative estimate of drug-likeness (QED) is 0.317. The van der Waals surface area contributed by atoms with Gasteiger partial charge >= 0.3 is 12.4 Å². The fourth-order valence-electron chi connectivity index (χ4n) is 1.40. The Balaban J connectivity index is 3.42. The van der Waals surface area contributed by atoms with Crippen LogP contribution in [0.2, 0.25) is 0 Å². The first kappa shape index (κ1) is 19.4. The van der Waals surface area contributed by atoms with Gasteiger partial charge in [-0.1, -0.05) is 0 Å². The molecule has 0 heterocycles. The predicted molar refractivity (Wildman–Crippen MR) is 56.7 cm³/mol. The summed E-state index contributed by atoms with van der Waals surface area (Å²) >= 11 is 0. The fraction of sp³-hybridized carbons (Fsp3) is 1.00. The van der Waals surface area contributed by atoms with Crippen molar-refractivity contribution in [2.24, 2.45) is 0 Å². The second kappa shape index (κ2) is 8.65. The average Bonchev–Trinajstić information content (AvgIpc) is 2.29. The molecule has 0 aliphatic rings. The number of unbranched alkanes of at least 4 members (excludes halogenated alkanes) is 1. The first-order valence-electron chi connectivity index (χ1n) is 6.18. The summed E-state index contributed by atoms with van der Waals surface area (Å²) in [4.78, 5) is 0. The smallest absolute Gasteiger partial charge is 0.379 e. The van der Waals surface area contributed by atoms with Crippen LogP contribution in [0.4, 0.5) is 26.3 Å². The minimum Gasteiger partial charge on any atom is -0.379 e. The molecule has 0 rings (SSSR count). The zero-order valence-corrected chi connectivity index (χ0v) is 10.7. The van der Waals surface area contributed by atoms with Gasteiger partial charge in [0.15, 0.2) is 12.2 Å². The molecule has 0 amide bonds. The van der Waals surface area contributed by atoms with E-state index in [9.17, 15) is 26.3 Å². The van der Waals surface area contributed by atoms with E-state index < -0.39 is 37.7 Å². The van der Waals surface area contributed by atoms with E-state index in [2.05, 4.69) is 0 Å². The van der Waals surface area contributed by atoms with Gasteiger partial charge < -0.3 is 20.8 Å². The minimum absolute atomic E-state index is 0.350. The molecule has 2 atom stereocenters. The zero-order valence-electron chi connectivity index (χ0n) is 10.7. The Kier molecular flexibility index (Phi) is 8.40. The molecular weight excluding hydrogens is 294 g/mol. The highest BCUT2D eigenvalue weighted by molar-refractivity contribution is 4.62. The molecule has 0 aliphatic heterocycles. The number of rotatable bonds is 9. The van der Waals surface area contributed by atoms with Gasteiger partial charge in [-0.2, -0.15) is 26.3 Å². The molecule has 0 aromatic carbocycles. The van der Waals surface area contributed by atoms with Gasteiger partial charge in [0, 0.05) is 12.8 Å². The lowest BCUT2D eigenvalue weighted by molar-refractivity contribution is -0.674. The number of hydrogen-bond acceptors (Lipinski definition) is 2. The number of aliphatic hydroxyl groups is 2. The van der Waals surface area contributed by atoms with Gasteiger partial charge in [-0.3, -0.25) is 0 Å². The Labute approximate surface area is 112 Å². The topological polar surface area (TPSA) is 73.7 Å². The molecule has 0 saturated carbocycles. The summed E-state index contributed by atoms with van der Waals surface area (Å²) in [6.45, 7) is -0.272. The van der Waals surface area contributed by atoms with Gasteiger partial charge in [0.05, 0.1) is 13.1 Å².